The molecule has 0 radical (unpaired) electrons. The van der Waals surface area contributed by atoms with E-state index < -0.39 is 5.60 Å². The van der Waals surface area contributed by atoms with Gasteiger partial charge in [-0.3, -0.25) is 0 Å². The molecule has 0 atom stereocenters. The van der Waals surface area contributed by atoms with Gasteiger partial charge in [0.1, 0.15) is 0 Å². The summed E-state index contributed by atoms with van der Waals surface area (Å²) >= 11 is 5.14. The predicted molar refractivity (Wildman–Crippen MR) is 41.8 cm³/mol. The van der Waals surface area contributed by atoms with Crippen molar-refractivity contribution < 1.29 is 5.11 Å². The Morgan fingerprint density at radius 1 is 1.67 bits per heavy atom. The van der Waals surface area contributed by atoms with E-state index in [1.807, 2.05) is 0 Å². The van der Waals surface area contributed by atoms with Gasteiger partial charge in [-0.25, -0.2) is 0 Å². The maximum absolute atomic E-state index is 9.26. The van der Waals surface area contributed by atoms with E-state index in [1.165, 1.54) is 5.54 Å². The van der Waals surface area contributed by atoms with Gasteiger partial charge in [0.25, 0.3) is 0 Å². The van der Waals surface area contributed by atoms with Crippen LogP contribution in [-0.4, -0.2) is 24.8 Å². The summed E-state index contributed by atoms with van der Waals surface area (Å²) in [5, 5.41) is 9.26. The Hall–Kier alpha value is 0.799. The second-order valence-corrected chi connectivity index (χ2v) is 4.38. The zero-order valence-corrected chi connectivity index (χ0v) is 8.41. The van der Waals surface area contributed by atoms with Crippen molar-refractivity contribution in [2.45, 2.75) is 19.4 Å². The quantitative estimate of drug-likeness (QED) is 0.721. The van der Waals surface area contributed by atoms with Gasteiger partial charge in [-0.05, 0) is 0 Å². The molecule has 0 spiro atoms. The molecule has 0 heterocycles. The molecule has 0 aromatic rings. The average Bonchev–Trinajstić information content (AvgIpc) is 1.65. The minimum absolute atomic E-state index is 0.222. The van der Waals surface area contributed by atoms with E-state index in [2.05, 4.69) is 0 Å². The molecule has 0 aromatic heterocycles. The second-order valence-electron chi connectivity index (χ2n) is 2.11. The van der Waals surface area contributed by atoms with Crippen molar-refractivity contribution in [3.63, 3.8) is 0 Å². The van der Waals surface area contributed by atoms with Crippen LogP contribution >= 0.6 is 21.7 Å². The molecule has 9 heavy (non-hydrogen) atoms. The van der Waals surface area contributed by atoms with E-state index in [1.54, 1.807) is 13.8 Å². The number of hydrogen-bond acceptors (Lipinski definition) is 1. The predicted octanol–water partition coefficient (Wildman–Crippen LogP) is 1.70. The third-order valence-electron chi connectivity index (χ3n) is 0.785. The zero-order chi connectivity index (χ0) is 7.49. The maximum atomic E-state index is 9.26. The third-order valence-corrected chi connectivity index (χ3v) is 3.80. The zero-order valence-electron chi connectivity index (χ0n) is 5.19. The van der Waals surface area contributed by atoms with Crippen LogP contribution in [0.5, 0.6) is 0 Å². The molecule has 0 aromatic carbocycles. The van der Waals surface area contributed by atoms with Gasteiger partial charge in [0.15, 0.2) is 0 Å². The molecule has 0 unspecified atom stereocenters. The van der Waals surface area contributed by atoms with Crippen molar-refractivity contribution in [3.05, 3.63) is 10.0 Å². The van der Waals surface area contributed by atoms with E-state index in [4.69, 9.17) is 21.7 Å². The standard InChI is InChI=1S/C5H8Cl2OSe/c1-5(2,8)4(3-6)9-7/h3,8H,1-2H3/b4-3-. The summed E-state index contributed by atoms with van der Waals surface area (Å²) in [5.41, 5.74) is 0.483. The first-order valence-electron chi connectivity index (χ1n) is 2.34. The van der Waals surface area contributed by atoms with Crippen LogP contribution in [0.4, 0.5) is 0 Å². The van der Waals surface area contributed by atoms with Crippen molar-refractivity contribution in [1.82, 2.24) is 0 Å². The van der Waals surface area contributed by atoms with Crippen LogP contribution in [0.15, 0.2) is 10.0 Å². The first-order valence-corrected chi connectivity index (χ1v) is 5.88. The molecule has 0 bridgehead atoms. The third kappa shape index (κ3) is 3.49. The minimum atomic E-state index is -0.858. The van der Waals surface area contributed by atoms with Gasteiger partial charge in [-0.1, -0.05) is 0 Å². The molecule has 54 valence electrons. The van der Waals surface area contributed by atoms with E-state index in [0.717, 1.165) is 0 Å². The van der Waals surface area contributed by atoms with Gasteiger partial charge >= 0.3 is 70.3 Å². The molecule has 0 amide bonds. The summed E-state index contributed by atoms with van der Waals surface area (Å²) in [6.45, 7) is 3.32. The van der Waals surface area contributed by atoms with Crippen molar-refractivity contribution in [2.24, 2.45) is 0 Å². The summed E-state index contributed by atoms with van der Waals surface area (Å²) < 4.78 is 0.693. The van der Waals surface area contributed by atoms with Crippen molar-refractivity contribution in [3.8, 4) is 0 Å². The number of halogens is 2. The van der Waals surface area contributed by atoms with E-state index >= 15 is 0 Å². The van der Waals surface area contributed by atoms with Gasteiger partial charge in [0, 0.05) is 0 Å². The molecular weight excluding hydrogens is 226 g/mol. The van der Waals surface area contributed by atoms with Gasteiger partial charge in [-0.2, -0.15) is 0 Å². The van der Waals surface area contributed by atoms with Crippen molar-refractivity contribution in [2.75, 3.05) is 0 Å². The van der Waals surface area contributed by atoms with Crippen LogP contribution in [0.1, 0.15) is 13.8 Å². The fraction of sp³-hybridized carbons (Fsp3) is 0.600. The van der Waals surface area contributed by atoms with Crippen LogP contribution in [-0.2, 0) is 0 Å². The average molecular weight is 234 g/mol. The first kappa shape index (κ1) is 9.80. The molecule has 0 saturated carbocycles. The number of aliphatic hydroxyl groups is 1. The monoisotopic (exact) mass is 234 g/mol. The van der Waals surface area contributed by atoms with Crippen molar-refractivity contribution in [1.29, 1.82) is 0 Å². The number of hydrogen-bond donors (Lipinski definition) is 1. The van der Waals surface area contributed by atoms with E-state index in [0.29, 0.717) is 4.47 Å². The molecule has 1 nitrogen and oxygen atoms in total. The Morgan fingerprint density at radius 3 is 2.11 bits per heavy atom. The fourth-order valence-corrected chi connectivity index (χ4v) is 2.66. The molecule has 0 aliphatic heterocycles. The van der Waals surface area contributed by atoms with E-state index in [-0.39, 0.29) is 14.0 Å². The van der Waals surface area contributed by atoms with Gasteiger partial charge < -0.3 is 0 Å². The Labute approximate surface area is 70.4 Å². The summed E-state index contributed by atoms with van der Waals surface area (Å²) in [4.78, 5) is 0. The van der Waals surface area contributed by atoms with Crippen LogP contribution in [0, 0.1) is 0 Å². The van der Waals surface area contributed by atoms with Gasteiger partial charge in [-0.15, -0.1) is 0 Å². The first-order chi connectivity index (χ1) is 4.02. The summed E-state index contributed by atoms with van der Waals surface area (Å²) in [6, 6.07) is 0. The van der Waals surface area contributed by atoms with Crippen LogP contribution in [0.25, 0.3) is 0 Å². The normalized spacial score (nSPS) is 14.1. The van der Waals surface area contributed by atoms with Gasteiger partial charge in [0.2, 0.25) is 0 Å². The van der Waals surface area contributed by atoms with Gasteiger partial charge in [0.05, 0.1) is 0 Å². The van der Waals surface area contributed by atoms with Crippen LogP contribution in [0.3, 0.4) is 0 Å². The topological polar surface area (TPSA) is 20.2 Å². The SMILES string of the molecule is CC(C)(O)/C(=C/Cl)[Se]Cl. The summed E-state index contributed by atoms with van der Waals surface area (Å²) in [5.74, 6) is 0. The van der Waals surface area contributed by atoms with Crippen LogP contribution < -0.4 is 0 Å². The molecule has 0 saturated heterocycles. The molecule has 0 fully saturated rings. The second kappa shape index (κ2) is 3.84. The molecule has 0 aliphatic carbocycles. The molecule has 4 heteroatoms. The molecule has 0 aliphatic rings. The summed E-state index contributed by atoms with van der Waals surface area (Å²) in [6.07, 6.45) is 0. The Kier molecular flexibility index (Phi) is 4.19. The Balaban J connectivity index is 4.14. The van der Waals surface area contributed by atoms with Crippen molar-refractivity contribution >= 4 is 35.7 Å². The Bertz CT molecular complexity index is 117. The fourth-order valence-electron chi connectivity index (χ4n) is 0.245. The molecule has 1 N–H and O–H groups in total. The molecule has 0 rings (SSSR count). The Morgan fingerprint density at radius 2 is 2.11 bits per heavy atom. The van der Waals surface area contributed by atoms with E-state index in [9.17, 15) is 5.11 Å². The molecular formula is C5H8Cl2OSe. The summed E-state index contributed by atoms with van der Waals surface area (Å²) in [7, 11) is 5.50. The number of rotatable bonds is 2. The van der Waals surface area contributed by atoms with Crippen LogP contribution in [0.2, 0.25) is 0 Å².